The van der Waals surface area contributed by atoms with Crippen molar-refractivity contribution in [2.24, 2.45) is 5.92 Å². The van der Waals surface area contributed by atoms with Crippen LogP contribution in [0.25, 0.3) is 0 Å². The molecule has 7 heteroatoms. The van der Waals surface area contributed by atoms with Crippen LogP contribution in [0.5, 0.6) is 0 Å². The van der Waals surface area contributed by atoms with Crippen LogP contribution in [-0.4, -0.2) is 30.4 Å². The second-order valence-electron chi connectivity index (χ2n) is 7.73. The lowest BCUT2D eigenvalue weighted by atomic mass is 10.0. The van der Waals surface area contributed by atoms with Gasteiger partial charge in [-0.05, 0) is 49.9 Å². The largest absolute Gasteiger partial charge is 0.345 e. The Hall–Kier alpha value is -3.35. The average molecular weight is 411 g/mol. The van der Waals surface area contributed by atoms with Crippen LogP contribution in [0.2, 0.25) is 0 Å². The molecule has 0 aromatic heterocycles. The van der Waals surface area contributed by atoms with E-state index in [4.69, 9.17) is 0 Å². The normalized spacial score (nSPS) is 11.5. The molecule has 2 rings (SSSR count). The molecule has 4 amide bonds. The second kappa shape index (κ2) is 10.4. The third kappa shape index (κ3) is 6.62. The van der Waals surface area contributed by atoms with Crippen LogP contribution in [0.1, 0.15) is 30.5 Å². The quantitative estimate of drug-likeness (QED) is 0.562. The van der Waals surface area contributed by atoms with Crippen molar-refractivity contribution in [2.75, 3.05) is 17.2 Å². The van der Waals surface area contributed by atoms with E-state index in [1.807, 2.05) is 52.8 Å². The van der Waals surface area contributed by atoms with Gasteiger partial charge < -0.3 is 21.3 Å². The molecule has 0 saturated heterocycles. The fraction of sp³-hybridized carbons (Fsp3) is 0.348. The van der Waals surface area contributed by atoms with Crippen molar-refractivity contribution in [3.05, 3.63) is 59.2 Å². The van der Waals surface area contributed by atoms with Gasteiger partial charge in [0.2, 0.25) is 11.8 Å². The first-order valence-electron chi connectivity index (χ1n) is 9.95. The van der Waals surface area contributed by atoms with Crippen molar-refractivity contribution in [3.63, 3.8) is 0 Å². The van der Waals surface area contributed by atoms with Crippen LogP contribution < -0.4 is 21.3 Å². The predicted octanol–water partition coefficient (Wildman–Crippen LogP) is 3.51. The van der Waals surface area contributed by atoms with Crippen LogP contribution in [0, 0.1) is 26.7 Å². The third-order valence-corrected chi connectivity index (χ3v) is 4.63. The zero-order chi connectivity index (χ0) is 22.3. The van der Waals surface area contributed by atoms with E-state index in [9.17, 15) is 14.4 Å². The summed E-state index contributed by atoms with van der Waals surface area (Å²) in [6, 6.07) is 11.7. The fourth-order valence-corrected chi connectivity index (χ4v) is 3.20. The Bertz CT molecular complexity index is 887. The van der Waals surface area contributed by atoms with Gasteiger partial charge >= 0.3 is 6.03 Å². The lowest BCUT2D eigenvalue weighted by molar-refractivity contribution is -0.126. The maximum atomic E-state index is 12.6. The summed E-state index contributed by atoms with van der Waals surface area (Å²) in [5.74, 6) is -0.897. The maximum Gasteiger partial charge on any atom is 0.319 e. The highest BCUT2D eigenvalue weighted by Gasteiger charge is 2.24. The van der Waals surface area contributed by atoms with E-state index in [0.29, 0.717) is 5.69 Å². The molecule has 0 saturated carbocycles. The number of nitrogens with one attached hydrogen (secondary N) is 4. The van der Waals surface area contributed by atoms with Crippen LogP contribution in [0.15, 0.2) is 42.5 Å². The van der Waals surface area contributed by atoms with E-state index in [1.54, 1.807) is 24.3 Å². The van der Waals surface area contributed by atoms with Gasteiger partial charge in [-0.15, -0.1) is 0 Å². The highest BCUT2D eigenvalue weighted by molar-refractivity contribution is 5.98. The molecule has 2 aromatic rings. The lowest BCUT2D eigenvalue weighted by Gasteiger charge is -2.22. The monoisotopic (exact) mass is 410 g/mol. The molecule has 2 aromatic carbocycles. The maximum absolute atomic E-state index is 12.6. The molecule has 0 heterocycles. The Balaban J connectivity index is 1.92. The molecule has 0 aliphatic heterocycles. The molecule has 1 unspecified atom stereocenters. The summed E-state index contributed by atoms with van der Waals surface area (Å²) < 4.78 is 0. The van der Waals surface area contributed by atoms with Gasteiger partial charge in [0.15, 0.2) is 0 Å². The molecule has 0 fully saturated rings. The van der Waals surface area contributed by atoms with Crippen molar-refractivity contribution < 1.29 is 14.4 Å². The average Bonchev–Trinajstić information content (AvgIpc) is 2.67. The van der Waals surface area contributed by atoms with E-state index >= 15 is 0 Å². The molecule has 4 N–H and O–H groups in total. The van der Waals surface area contributed by atoms with Gasteiger partial charge in [-0.25, -0.2) is 4.79 Å². The number of carbonyl (C=O) groups is 3. The van der Waals surface area contributed by atoms with Gasteiger partial charge in [0.1, 0.15) is 6.04 Å². The zero-order valence-electron chi connectivity index (χ0n) is 18.1. The van der Waals surface area contributed by atoms with E-state index in [1.165, 1.54) is 0 Å². The summed E-state index contributed by atoms with van der Waals surface area (Å²) in [4.78, 5) is 37.1. The highest BCUT2D eigenvalue weighted by Crippen LogP contribution is 2.21. The molecule has 1 atom stereocenters. The topological polar surface area (TPSA) is 99.3 Å². The smallest absolute Gasteiger partial charge is 0.319 e. The number of benzene rings is 2. The molecule has 0 bridgehead atoms. The highest BCUT2D eigenvalue weighted by atomic mass is 16.2. The molecule has 0 aliphatic rings. The standard InChI is InChI=1S/C23H30N4O3/c1-14(2)20(27-23(30)25-18-9-7-6-8-10-18)22(29)24-13-19(28)26-21-16(4)11-15(3)12-17(21)5/h6-12,14,20H,13H2,1-5H3,(H,24,29)(H,26,28)(H2,25,27,30). The number of anilines is 2. The van der Waals surface area contributed by atoms with Crippen LogP contribution in [0.4, 0.5) is 16.2 Å². The Kier molecular flexibility index (Phi) is 7.98. The number of hydrogen-bond donors (Lipinski definition) is 4. The Morgan fingerprint density at radius 2 is 1.50 bits per heavy atom. The summed E-state index contributed by atoms with van der Waals surface area (Å²) >= 11 is 0. The van der Waals surface area contributed by atoms with Gasteiger partial charge in [-0.1, -0.05) is 49.7 Å². The summed E-state index contributed by atoms with van der Waals surface area (Å²) in [5.41, 5.74) is 4.43. The molecule has 160 valence electrons. The fourth-order valence-electron chi connectivity index (χ4n) is 3.20. The lowest BCUT2D eigenvalue weighted by Crippen LogP contribution is -2.52. The van der Waals surface area contributed by atoms with Crippen LogP contribution in [0.3, 0.4) is 0 Å². The zero-order valence-corrected chi connectivity index (χ0v) is 18.1. The third-order valence-electron chi connectivity index (χ3n) is 4.63. The number of hydrogen-bond acceptors (Lipinski definition) is 3. The summed E-state index contributed by atoms with van der Waals surface area (Å²) in [5, 5.41) is 10.8. The number of carbonyl (C=O) groups excluding carboxylic acids is 3. The van der Waals surface area contributed by atoms with Gasteiger partial charge in [0, 0.05) is 11.4 Å². The molecule has 0 radical (unpaired) electrons. The summed E-state index contributed by atoms with van der Waals surface area (Å²) in [6.45, 7) is 9.32. The first-order chi connectivity index (χ1) is 14.2. The number of urea groups is 1. The summed E-state index contributed by atoms with van der Waals surface area (Å²) in [7, 11) is 0. The van der Waals surface area contributed by atoms with Crippen molar-refractivity contribution in [1.82, 2.24) is 10.6 Å². The molecule has 7 nitrogen and oxygen atoms in total. The Morgan fingerprint density at radius 1 is 0.900 bits per heavy atom. The predicted molar refractivity (Wildman–Crippen MR) is 120 cm³/mol. The minimum atomic E-state index is -0.774. The van der Waals surface area contributed by atoms with E-state index in [0.717, 1.165) is 22.4 Å². The second-order valence-corrected chi connectivity index (χ2v) is 7.73. The van der Waals surface area contributed by atoms with Crippen molar-refractivity contribution in [1.29, 1.82) is 0 Å². The SMILES string of the molecule is Cc1cc(C)c(NC(=O)CNC(=O)C(NC(=O)Nc2ccccc2)C(C)C)c(C)c1. The molecule has 30 heavy (non-hydrogen) atoms. The Labute approximate surface area is 177 Å². The first kappa shape index (κ1) is 22.9. The summed E-state index contributed by atoms with van der Waals surface area (Å²) in [6.07, 6.45) is 0. The van der Waals surface area contributed by atoms with Gasteiger partial charge in [0.25, 0.3) is 0 Å². The van der Waals surface area contributed by atoms with Crippen molar-refractivity contribution in [3.8, 4) is 0 Å². The van der Waals surface area contributed by atoms with Crippen molar-refractivity contribution in [2.45, 2.75) is 40.7 Å². The number of para-hydroxylation sites is 1. The van der Waals surface area contributed by atoms with Gasteiger partial charge in [0.05, 0.1) is 6.54 Å². The van der Waals surface area contributed by atoms with E-state index in [-0.39, 0.29) is 18.4 Å². The Morgan fingerprint density at radius 3 is 2.07 bits per heavy atom. The van der Waals surface area contributed by atoms with E-state index in [2.05, 4.69) is 21.3 Å². The van der Waals surface area contributed by atoms with Gasteiger partial charge in [-0.3, -0.25) is 9.59 Å². The number of amides is 4. The minimum Gasteiger partial charge on any atom is -0.345 e. The van der Waals surface area contributed by atoms with Crippen LogP contribution in [-0.2, 0) is 9.59 Å². The number of rotatable bonds is 7. The van der Waals surface area contributed by atoms with Gasteiger partial charge in [-0.2, -0.15) is 0 Å². The van der Waals surface area contributed by atoms with E-state index < -0.39 is 18.0 Å². The van der Waals surface area contributed by atoms with Crippen molar-refractivity contribution >= 4 is 29.2 Å². The first-order valence-corrected chi connectivity index (χ1v) is 9.95. The molecular weight excluding hydrogens is 380 g/mol. The molecular formula is C23H30N4O3. The molecule has 0 aliphatic carbocycles. The minimum absolute atomic E-state index is 0.156. The number of aryl methyl sites for hydroxylation is 3. The van der Waals surface area contributed by atoms with Crippen LogP contribution >= 0.6 is 0 Å². The molecule has 0 spiro atoms.